The lowest BCUT2D eigenvalue weighted by Gasteiger charge is -2.34. The number of thiazole rings is 1. The summed E-state index contributed by atoms with van der Waals surface area (Å²) < 4.78 is 3.19. The summed E-state index contributed by atoms with van der Waals surface area (Å²) in [5.74, 6) is 0.000630. The lowest BCUT2D eigenvalue weighted by molar-refractivity contribution is 0.0948. The van der Waals surface area contributed by atoms with Gasteiger partial charge >= 0.3 is 0 Å². The number of carbonyl (C=O) groups is 1. The molecule has 1 N–H and O–H groups in total. The number of piperazine rings is 1. The van der Waals surface area contributed by atoms with Gasteiger partial charge in [-0.25, -0.2) is 4.98 Å². The first-order valence-corrected chi connectivity index (χ1v) is 12.7. The molecule has 33 heavy (non-hydrogen) atoms. The van der Waals surface area contributed by atoms with Crippen molar-refractivity contribution in [1.82, 2.24) is 24.5 Å². The lowest BCUT2D eigenvalue weighted by atomic mass is 10.2. The summed E-state index contributed by atoms with van der Waals surface area (Å²) in [6.45, 7) is 9.80. The third kappa shape index (κ3) is 4.95. The smallest absolute Gasteiger partial charge is 0.251 e. The Balaban J connectivity index is 1.16. The van der Waals surface area contributed by atoms with Crippen molar-refractivity contribution in [3.63, 3.8) is 0 Å². The summed E-state index contributed by atoms with van der Waals surface area (Å²) in [5.41, 5.74) is 3.88. The van der Waals surface area contributed by atoms with Crippen LogP contribution in [0.2, 0.25) is 0 Å². The Labute approximate surface area is 198 Å². The van der Waals surface area contributed by atoms with Crippen LogP contribution in [0.1, 0.15) is 30.1 Å². The van der Waals surface area contributed by atoms with Crippen molar-refractivity contribution in [2.75, 3.05) is 45.8 Å². The van der Waals surface area contributed by atoms with Crippen molar-refractivity contribution in [1.29, 1.82) is 0 Å². The maximum Gasteiger partial charge on any atom is 0.251 e. The van der Waals surface area contributed by atoms with Gasteiger partial charge in [0.1, 0.15) is 0 Å². The van der Waals surface area contributed by atoms with Crippen LogP contribution in [0.4, 0.5) is 0 Å². The van der Waals surface area contributed by atoms with E-state index in [9.17, 15) is 4.79 Å². The first-order valence-electron chi connectivity index (χ1n) is 11.9. The van der Waals surface area contributed by atoms with Crippen molar-refractivity contribution < 1.29 is 4.79 Å². The molecule has 1 amide bonds. The Morgan fingerprint density at radius 1 is 1.03 bits per heavy atom. The van der Waals surface area contributed by atoms with Gasteiger partial charge in [-0.3, -0.25) is 9.20 Å². The highest BCUT2D eigenvalue weighted by atomic mass is 32.1. The Hall–Kier alpha value is -2.74. The zero-order valence-corrected chi connectivity index (χ0v) is 20.0. The number of amides is 1. The number of nitrogens with one attached hydrogen (secondary N) is 1. The van der Waals surface area contributed by atoms with Crippen LogP contribution in [-0.4, -0.2) is 70.9 Å². The molecule has 6 nitrogen and oxygen atoms in total. The van der Waals surface area contributed by atoms with Gasteiger partial charge in [0.2, 0.25) is 0 Å². The molecular weight excluding hydrogens is 430 g/mol. The van der Waals surface area contributed by atoms with E-state index in [1.165, 1.54) is 13.0 Å². The van der Waals surface area contributed by atoms with Crippen LogP contribution in [0, 0.1) is 0 Å². The predicted octanol–water partition coefficient (Wildman–Crippen LogP) is 4.36. The fourth-order valence-electron chi connectivity index (χ4n) is 4.55. The highest BCUT2D eigenvalue weighted by molar-refractivity contribution is 7.23. The molecular formula is C26H31N5OS. The molecule has 0 bridgehead atoms. The van der Waals surface area contributed by atoms with Crippen LogP contribution in [0.5, 0.6) is 0 Å². The summed E-state index contributed by atoms with van der Waals surface area (Å²) in [6.07, 6.45) is 4.28. The molecule has 1 aliphatic heterocycles. The number of rotatable bonds is 8. The van der Waals surface area contributed by atoms with Crippen LogP contribution in [0.3, 0.4) is 0 Å². The minimum absolute atomic E-state index is 0.000630. The second-order valence-corrected chi connectivity index (χ2v) is 9.73. The maximum absolute atomic E-state index is 12.7. The lowest BCUT2D eigenvalue weighted by Crippen LogP contribution is -2.47. The topological polar surface area (TPSA) is 52.9 Å². The zero-order chi connectivity index (χ0) is 22.6. The highest BCUT2D eigenvalue weighted by Crippen LogP contribution is 2.30. The number of fused-ring (bicyclic) bond motifs is 3. The van der Waals surface area contributed by atoms with E-state index >= 15 is 0 Å². The van der Waals surface area contributed by atoms with Crippen LogP contribution >= 0.6 is 11.3 Å². The number of aromatic nitrogens is 2. The summed E-state index contributed by atoms with van der Waals surface area (Å²) >= 11 is 1.62. The van der Waals surface area contributed by atoms with E-state index in [-0.39, 0.29) is 5.91 Å². The Bertz CT molecular complexity index is 1220. The Kier molecular flexibility index (Phi) is 6.71. The number of imidazole rings is 1. The number of hydrogen-bond acceptors (Lipinski definition) is 5. The molecule has 0 saturated carbocycles. The van der Waals surface area contributed by atoms with Crippen LogP contribution in [-0.2, 0) is 0 Å². The summed E-state index contributed by atoms with van der Waals surface area (Å²) in [6, 6.07) is 16.1. The quantitative estimate of drug-likeness (QED) is 0.396. The fourth-order valence-corrected chi connectivity index (χ4v) is 5.60. The Morgan fingerprint density at radius 2 is 1.79 bits per heavy atom. The summed E-state index contributed by atoms with van der Waals surface area (Å²) in [7, 11) is 0. The zero-order valence-electron chi connectivity index (χ0n) is 19.2. The molecule has 1 fully saturated rings. The molecule has 2 aromatic heterocycles. The summed E-state index contributed by atoms with van der Waals surface area (Å²) in [4.78, 5) is 23.5. The molecule has 1 saturated heterocycles. The second kappa shape index (κ2) is 10.0. The van der Waals surface area contributed by atoms with Gasteiger partial charge in [-0.2, -0.15) is 0 Å². The molecule has 2 aromatic carbocycles. The Morgan fingerprint density at radius 3 is 2.55 bits per heavy atom. The van der Waals surface area contributed by atoms with E-state index in [1.807, 2.05) is 36.4 Å². The van der Waals surface area contributed by atoms with E-state index < -0.39 is 0 Å². The second-order valence-electron chi connectivity index (χ2n) is 8.72. The van der Waals surface area contributed by atoms with Crippen molar-refractivity contribution in [2.45, 2.75) is 19.8 Å². The molecule has 172 valence electrons. The third-order valence-corrected chi connectivity index (χ3v) is 7.38. The first kappa shape index (κ1) is 22.1. The average molecular weight is 462 g/mol. The molecule has 7 heteroatoms. The number of nitrogens with zero attached hydrogens (tertiary/aromatic N) is 4. The molecule has 0 aliphatic carbocycles. The van der Waals surface area contributed by atoms with Crippen LogP contribution in [0.15, 0.2) is 54.7 Å². The van der Waals surface area contributed by atoms with Gasteiger partial charge in [-0.1, -0.05) is 48.6 Å². The van der Waals surface area contributed by atoms with Gasteiger partial charge < -0.3 is 15.1 Å². The van der Waals surface area contributed by atoms with E-state index in [0.717, 1.165) is 65.6 Å². The van der Waals surface area contributed by atoms with E-state index in [1.54, 1.807) is 11.3 Å². The van der Waals surface area contributed by atoms with Crippen molar-refractivity contribution in [3.05, 3.63) is 60.3 Å². The molecule has 4 aromatic rings. The molecule has 1 aliphatic rings. The van der Waals surface area contributed by atoms with Crippen LogP contribution < -0.4 is 5.32 Å². The molecule has 0 spiro atoms. The van der Waals surface area contributed by atoms with Gasteiger partial charge in [0, 0.05) is 50.0 Å². The largest absolute Gasteiger partial charge is 0.352 e. The standard InChI is InChI=1S/C26H31N5OS/c1-2-12-29-14-16-30(17-15-29)13-6-11-27-25(32)21-9-10-23-24(18-21)33-26-28-22(19-31(23)26)20-7-4-3-5-8-20/h3-5,7-10,18-19H,2,6,11-17H2,1H3,(H,27,32). The van der Waals surface area contributed by atoms with Crippen LogP contribution in [0.25, 0.3) is 26.4 Å². The van der Waals surface area contributed by atoms with E-state index in [0.29, 0.717) is 12.1 Å². The van der Waals surface area contributed by atoms with Gasteiger partial charge in [-0.15, -0.1) is 0 Å². The van der Waals surface area contributed by atoms with Gasteiger partial charge in [0.15, 0.2) is 4.96 Å². The number of benzene rings is 2. The third-order valence-electron chi connectivity index (χ3n) is 6.37. The summed E-state index contributed by atoms with van der Waals surface area (Å²) in [5, 5.41) is 3.10. The monoisotopic (exact) mass is 461 g/mol. The molecule has 0 radical (unpaired) electrons. The maximum atomic E-state index is 12.7. The normalized spacial score (nSPS) is 15.4. The molecule has 0 unspecified atom stereocenters. The minimum Gasteiger partial charge on any atom is -0.352 e. The predicted molar refractivity (Wildman–Crippen MR) is 136 cm³/mol. The van der Waals surface area contributed by atoms with Crippen molar-refractivity contribution >= 4 is 32.4 Å². The molecule has 5 rings (SSSR count). The van der Waals surface area contributed by atoms with Gasteiger partial charge in [0.05, 0.1) is 15.9 Å². The van der Waals surface area contributed by atoms with E-state index in [2.05, 4.69) is 44.8 Å². The number of carbonyl (C=O) groups excluding carboxylic acids is 1. The highest BCUT2D eigenvalue weighted by Gasteiger charge is 2.16. The van der Waals surface area contributed by atoms with Crippen molar-refractivity contribution in [2.24, 2.45) is 0 Å². The SMILES string of the molecule is CCCN1CCN(CCCNC(=O)c2ccc3c(c2)sc2nc(-c4ccccc4)cn23)CC1. The van der Waals surface area contributed by atoms with Crippen molar-refractivity contribution in [3.8, 4) is 11.3 Å². The molecule has 3 heterocycles. The average Bonchev–Trinajstić information content (AvgIpc) is 3.41. The van der Waals surface area contributed by atoms with Gasteiger partial charge in [0.25, 0.3) is 5.91 Å². The minimum atomic E-state index is 0.000630. The number of hydrogen-bond donors (Lipinski definition) is 1. The fraction of sp³-hybridized carbons (Fsp3) is 0.385. The first-order chi connectivity index (χ1) is 16.2. The van der Waals surface area contributed by atoms with Gasteiger partial charge in [-0.05, 0) is 44.1 Å². The molecule has 0 atom stereocenters. The van der Waals surface area contributed by atoms with E-state index in [4.69, 9.17) is 4.98 Å².